The number of carbonyl (C=O) groups excluding carboxylic acids is 1. The van der Waals surface area contributed by atoms with Crippen LogP contribution in [0.5, 0.6) is 11.5 Å². The van der Waals surface area contributed by atoms with Gasteiger partial charge in [-0.15, -0.1) is 0 Å². The fraction of sp³-hybridized carbons (Fsp3) is 0.364. The predicted molar refractivity (Wildman–Crippen MR) is 61.7 cm³/mol. The first-order chi connectivity index (χ1) is 8.17. The van der Waals surface area contributed by atoms with Crippen molar-refractivity contribution in [3.63, 3.8) is 0 Å². The molecule has 0 radical (unpaired) electrons. The van der Waals surface area contributed by atoms with Crippen molar-refractivity contribution in [2.75, 3.05) is 19.1 Å². The van der Waals surface area contributed by atoms with Gasteiger partial charge in [-0.2, -0.15) is 5.11 Å². The van der Waals surface area contributed by atoms with E-state index in [2.05, 4.69) is 10.2 Å². The van der Waals surface area contributed by atoms with Gasteiger partial charge in [-0.25, -0.2) is 4.79 Å². The molecule has 2 rings (SSSR count). The molecule has 0 spiro atoms. The van der Waals surface area contributed by atoms with Gasteiger partial charge in [0.05, 0.1) is 19.9 Å². The van der Waals surface area contributed by atoms with Crippen LogP contribution in [0.1, 0.15) is 6.92 Å². The molecule has 1 aromatic rings. The Balaban J connectivity index is 2.37. The minimum Gasteiger partial charge on any atom is -0.493 e. The highest BCUT2D eigenvalue weighted by Crippen LogP contribution is 2.33. The van der Waals surface area contributed by atoms with E-state index in [1.165, 1.54) is 4.90 Å². The third-order valence-corrected chi connectivity index (χ3v) is 2.54. The second-order valence-corrected chi connectivity index (χ2v) is 3.54. The predicted octanol–water partition coefficient (Wildman–Crippen LogP) is 2.44. The molecule has 0 bridgehead atoms. The molecule has 1 aromatic carbocycles. The number of azo groups is 1. The Morgan fingerprint density at radius 2 is 1.94 bits per heavy atom. The molecule has 0 saturated heterocycles. The number of methoxy groups -OCH3 is 2. The highest BCUT2D eigenvalue weighted by Gasteiger charge is 2.27. The van der Waals surface area contributed by atoms with E-state index in [1.54, 1.807) is 39.3 Å². The molecule has 0 aromatic heterocycles. The SMILES string of the molecule is COc1ccc(N2C(=O)N=N[C@@H]2C)cc1OC. The van der Waals surface area contributed by atoms with E-state index in [9.17, 15) is 4.79 Å². The zero-order valence-corrected chi connectivity index (χ0v) is 9.88. The van der Waals surface area contributed by atoms with E-state index < -0.39 is 0 Å². The summed E-state index contributed by atoms with van der Waals surface area (Å²) in [6.07, 6.45) is -0.291. The lowest BCUT2D eigenvalue weighted by molar-refractivity contribution is 0.255. The second kappa shape index (κ2) is 4.40. The van der Waals surface area contributed by atoms with Crippen molar-refractivity contribution >= 4 is 11.7 Å². The van der Waals surface area contributed by atoms with Gasteiger partial charge in [0.1, 0.15) is 6.17 Å². The van der Waals surface area contributed by atoms with Crippen molar-refractivity contribution in [2.45, 2.75) is 13.1 Å². The maximum atomic E-state index is 11.5. The van der Waals surface area contributed by atoms with Gasteiger partial charge >= 0.3 is 6.03 Å². The number of rotatable bonds is 3. The van der Waals surface area contributed by atoms with Gasteiger partial charge < -0.3 is 9.47 Å². The van der Waals surface area contributed by atoms with E-state index >= 15 is 0 Å². The standard InChI is InChI=1S/C11H13N3O3/c1-7-12-13-11(15)14(7)8-4-5-9(16-2)10(6-8)17-3/h4-7H,1-3H3/t7-/m0/s1. The summed E-state index contributed by atoms with van der Waals surface area (Å²) >= 11 is 0. The van der Waals surface area contributed by atoms with Crippen LogP contribution in [-0.4, -0.2) is 26.4 Å². The van der Waals surface area contributed by atoms with Gasteiger partial charge in [0.25, 0.3) is 0 Å². The molecule has 1 aliphatic heterocycles. The van der Waals surface area contributed by atoms with E-state index in [0.717, 1.165) is 0 Å². The third kappa shape index (κ3) is 1.93. The Bertz CT molecular complexity index is 473. The first-order valence-electron chi connectivity index (χ1n) is 5.13. The van der Waals surface area contributed by atoms with Crippen LogP contribution >= 0.6 is 0 Å². The molecule has 0 unspecified atom stereocenters. The molecule has 0 fully saturated rings. The lowest BCUT2D eigenvalue weighted by Crippen LogP contribution is -2.30. The van der Waals surface area contributed by atoms with Crippen molar-refractivity contribution < 1.29 is 14.3 Å². The summed E-state index contributed by atoms with van der Waals surface area (Å²) in [5.41, 5.74) is 0.685. The Morgan fingerprint density at radius 1 is 1.24 bits per heavy atom. The van der Waals surface area contributed by atoms with Crippen molar-refractivity contribution in [2.24, 2.45) is 10.2 Å². The molecular formula is C11H13N3O3. The molecule has 6 nitrogen and oxygen atoms in total. The number of benzene rings is 1. The second-order valence-electron chi connectivity index (χ2n) is 3.54. The summed E-state index contributed by atoms with van der Waals surface area (Å²) in [7, 11) is 3.11. The minimum atomic E-state index is -0.371. The first-order valence-corrected chi connectivity index (χ1v) is 5.13. The summed E-state index contributed by atoms with van der Waals surface area (Å²) < 4.78 is 10.3. The van der Waals surface area contributed by atoms with E-state index in [1.807, 2.05) is 0 Å². The number of amides is 2. The van der Waals surface area contributed by atoms with Gasteiger partial charge in [0.15, 0.2) is 11.5 Å². The topological polar surface area (TPSA) is 63.5 Å². The van der Waals surface area contributed by atoms with Gasteiger partial charge in [0.2, 0.25) is 0 Å². The molecule has 0 saturated carbocycles. The number of hydrogen-bond donors (Lipinski definition) is 0. The number of ether oxygens (including phenoxy) is 2. The molecule has 90 valence electrons. The summed E-state index contributed by atoms with van der Waals surface area (Å²) in [5, 5.41) is 7.32. The van der Waals surface area contributed by atoms with Crippen molar-refractivity contribution in [1.82, 2.24) is 0 Å². The van der Waals surface area contributed by atoms with Gasteiger partial charge in [-0.1, -0.05) is 5.11 Å². The fourth-order valence-electron chi connectivity index (χ4n) is 1.69. The number of carbonyl (C=O) groups is 1. The summed E-state index contributed by atoms with van der Waals surface area (Å²) in [6, 6.07) is 4.87. The van der Waals surface area contributed by atoms with Crippen LogP contribution in [0.4, 0.5) is 10.5 Å². The van der Waals surface area contributed by atoms with Crippen LogP contribution in [0.3, 0.4) is 0 Å². The van der Waals surface area contributed by atoms with Crippen LogP contribution in [-0.2, 0) is 0 Å². The molecule has 0 aliphatic carbocycles. The van der Waals surface area contributed by atoms with Crippen LogP contribution < -0.4 is 14.4 Å². The lowest BCUT2D eigenvalue weighted by atomic mass is 10.2. The minimum absolute atomic E-state index is 0.291. The lowest BCUT2D eigenvalue weighted by Gasteiger charge is -2.19. The smallest absolute Gasteiger partial charge is 0.368 e. The Kier molecular flexibility index (Phi) is 2.95. The molecule has 1 aliphatic rings. The highest BCUT2D eigenvalue weighted by atomic mass is 16.5. The van der Waals surface area contributed by atoms with Crippen molar-refractivity contribution in [3.05, 3.63) is 18.2 Å². The summed E-state index contributed by atoms with van der Waals surface area (Å²) in [6.45, 7) is 1.80. The van der Waals surface area contributed by atoms with Gasteiger partial charge in [0, 0.05) is 6.07 Å². The van der Waals surface area contributed by atoms with E-state index in [4.69, 9.17) is 9.47 Å². The quantitative estimate of drug-likeness (QED) is 0.808. The zero-order chi connectivity index (χ0) is 12.4. The molecule has 17 heavy (non-hydrogen) atoms. The van der Waals surface area contributed by atoms with E-state index in [0.29, 0.717) is 17.2 Å². The molecule has 2 amide bonds. The third-order valence-electron chi connectivity index (χ3n) is 2.54. The maximum Gasteiger partial charge on any atom is 0.368 e. The molecule has 1 atom stereocenters. The maximum absolute atomic E-state index is 11.5. The largest absolute Gasteiger partial charge is 0.493 e. The Labute approximate surface area is 98.8 Å². The van der Waals surface area contributed by atoms with Gasteiger partial charge in [-0.05, 0) is 19.1 Å². The zero-order valence-electron chi connectivity index (χ0n) is 9.88. The Morgan fingerprint density at radius 3 is 2.47 bits per heavy atom. The molecule has 0 N–H and O–H groups in total. The molecule has 1 heterocycles. The summed E-state index contributed by atoms with van der Waals surface area (Å²) in [4.78, 5) is 13.0. The average molecular weight is 235 g/mol. The monoisotopic (exact) mass is 235 g/mol. The van der Waals surface area contributed by atoms with Crippen LogP contribution in [0.15, 0.2) is 28.4 Å². The molecule has 6 heteroatoms. The first kappa shape index (κ1) is 11.4. The highest BCUT2D eigenvalue weighted by molar-refractivity contribution is 5.94. The van der Waals surface area contributed by atoms with Crippen molar-refractivity contribution in [3.8, 4) is 11.5 Å². The van der Waals surface area contributed by atoms with E-state index in [-0.39, 0.29) is 12.2 Å². The van der Waals surface area contributed by atoms with Crippen LogP contribution in [0, 0.1) is 0 Å². The fourth-order valence-corrected chi connectivity index (χ4v) is 1.69. The number of nitrogens with zero attached hydrogens (tertiary/aromatic N) is 3. The van der Waals surface area contributed by atoms with Crippen LogP contribution in [0.25, 0.3) is 0 Å². The van der Waals surface area contributed by atoms with Crippen molar-refractivity contribution in [1.29, 1.82) is 0 Å². The summed E-state index contributed by atoms with van der Waals surface area (Å²) in [5.74, 6) is 1.18. The normalized spacial score (nSPS) is 18.6. The Hall–Kier alpha value is -2.11. The number of urea groups is 1. The number of hydrogen-bond acceptors (Lipinski definition) is 4. The number of anilines is 1. The molecular weight excluding hydrogens is 222 g/mol. The average Bonchev–Trinajstić information content (AvgIpc) is 2.68. The van der Waals surface area contributed by atoms with Crippen LogP contribution in [0.2, 0.25) is 0 Å². The van der Waals surface area contributed by atoms with Gasteiger partial charge in [-0.3, -0.25) is 4.90 Å².